The molecule has 3 N–H and O–H groups in total. The number of rotatable bonds is 3. The highest BCUT2D eigenvalue weighted by atomic mass is 16.5. The number of fused-ring (bicyclic) bond motifs is 5. The number of aromatic hydroxyl groups is 2. The monoisotopic (exact) mass is 420 g/mol. The summed E-state index contributed by atoms with van der Waals surface area (Å²) in [5.74, 6) is 2.03. The van der Waals surface area contributed by atoms with Crippen molar-refractivity contribution in [2.45, 2.75) is 31.5 Å². The van der Waals surface area contributed by atoms with Crippen LogP contribution in [0.2, 0.25) is 0 Å². The van der Waals surface area contributed by atoms with Crippen LogP contribution in [0.1, 0.15) is 28.4 Å². The van der Waals surface area contributed by atoms with Crippen LogP contribution in [0.25, 0.3) is 11.1 Å². The molecule has 0 fully saturated rings. The number of benzene rings is 3. The van der Waals surface area contributed by atoms with Crippen LogP contribution >= 0.6 is 0 Å². The van der Waals surface area contributed by atoms with Crippen molar-refractivity contribution in [2.24, 2.45) is 0 Å². The Hall–Kier alpha value is -3.38. The number of phenolic OH excluding ortho intramolecular Hbond substituents is 2. The smallest absolute Gasteiger partial charge is 0.160 e. The first-order valence-electron chi connectivity index (χ1n) is 10.3. The van der Waals surface area contributed by atoms with Gasteiger partial charge < -0.3 is 29.5 Å². The first-order chi connectivity index (χ1) is 15.0. The molecule has 2 aliphatic rings. The highest BCUT2D eigenvalue weighted by Gasteiger charge is 2.35. The van der Waals surface area contributed by atoms with Gasteiger partial charge in [0.1, 0.15) is 23.4 Å². The minimum atomic E-state index is -0.750. The van der Waals surface area contributed by atoms with Gasteiger partial charge in [-0.15, -0.1) is 0 Å². The van der Waals surface area contributed by atoms with Gasteiger partial charge in [0, 0.05) is 23.6 Å². The zero-order valence-electron chi connectivity index (χ0n) is 17.4. The van der Waals surface area contributed by atoms with Crippen LogP contribution < -0.4 is 14.2 Å². The number of aliphatic hydroxyl groups excluding tert-OH is 1. The fraction of sp³-hybridized carbons (Fsp3) is 0.280. The summed E-state index contributed by atoms with van der Waals surface area (Å²) in [6.07, 6.45) is 0.686. The Morgan fingerprint density at radius 3 is 2.48 bits per heavy atom. The molecule has 0 spiro atoms. The molecule has 0 saturated heterocycles. The standard InChI is InChI=1S/C25H24O6/c1-29-22-10-14(4-8-19(22)27)25-20(28)11-18-17-6-3-13-9-15(26)5-7-16(13)24(17)23(30-2)12-21(18)31-25/h4-5,7-10,12,20,25-28H,3,6,11H2,1-2H3/t20-,25+/m1/s1. The number of ether oxygens (including phenoxy) is 3. The van der Waals surface area contributed by atoms with Crippen LogP contribution in [0.5, 0.6) is 28.7 Å². The molecule has 31 heavy (non-hydrogen) atoms. The van der Waals surface area contributed by atoms with Crippen molar-refractivity contribution in [1.29, 1.82) is 0 Å². The van der Waals surface area contributed by atoms with E-state index < -0.39 is 12.2 Å². The molecule has 3 aromatic rings. The molecule has 3 aromatic carbocycles. The Balaban J connectivity index is 1.60. The van der Waals surface area contributed by atoms with E-state index in [2.05, 4.69) is 0 Å². The van der Waals surface area contributed by atoms with Crippen LogP contribution in [-0.4, -0.2) is 35.6 Å². The highest BCUT2D eigenvalue weighted by Crippen LogP contribution is 2.49. The number of aliphatic hydroxyl groups is 1. The van der Waals surface area contributed by atoms with E-state index in [4.69, 9.17) is 14.2 Å². The van der Waals surface area contributed by atoms with Crippen LogP contribution in [0.4, 0.5) is 0 Å². The van der Waals surface area contributed by atoms with E-state index >= 15 is 0 Å². The maximum Gasteiger partial charge on any atom is 0.160 e. The molecular formula is C25H24O6. The molecule has 0 saturated carbocycles. The predicted octanol–water partition coefficient (Wildman–Crippen LogP) is 3.92. The molecule has 0 aromatic heterocycles. The second-order valence-corrected chi connectivity index (χ2v) is 7.99. The topological polar surface area (TPSA) is 88.4 Å². The molecule has 0 bridgehead atoms. The molecule has 6 heteroatoms. The van der Waals surface area contributed by atoms with Gasteiger partial charge in [0.25, 0.3) is 0 Å². The quantitative estimate of drug-likeness (QED) is 0.595. The van der Waals surface area contributed by atoms with E-state index in [9.17, 15) is 15.3 Å². The van der Waals surface area contributed by atoms with Gasteiger partial charge in [-0.1, -0.05) is 12.1 Å². The van der Waals surface area contributed by atoms with Crippen molar-refractivity contribution in [2.75, 3.05) is 14.2 Å². The van der Waals surface area contributed by atoms with Gasteiger partial charge >= 0.3 is 0 Å². The number of phenols is 2. The molecule has 0 unspecified atom stereocenters. The first kappa shape index (κ1) is 19.6. The lowest BCUT2D eigenvalue weighted by molar-refractivity contribution is 0.0202. The average Bonchev–Trinajstić information content (AvgIpc) is 2.78. The highest BCUT2D eigenvalue weighted by molar-refractivity contribution is 5.82. The molecule has 160 valence electrons. The second-order valence-electron chi connectivity index (χ2n) is 7.99. The maximum atomic E-state index is 11.0. The Bertz CT molecular complexity index is 1170. The lowest BCUT2D eigenvalue weighted by atomic mass is 9.80. The molecular weight excluding hydrogens is 396 g/mol. The van der Waals surface area contributed by atoms with E-state index in [1.165, 1.54) is 7.11 Å². The third kappa shape index (κ3) is 3.15. The maximum absolute atomic E-state index is 11.0. The van der Waals surface area contributed by atoms with E-state index in [0.717, 1.165) is 46.2 Å². The van der Waals surface area contributed by atoms with Crippen LogP contribution in [0, 0.1) is 0 Å². The van der Waals surface area contributed by atoms with Gasteiger partial charge in [-0.25, -0.2) is 0 Å². The van der Waals surface area contributed by atoms with Crippen molar-refractivity contribution in [3.8, 4) is 39.9 Å². The number of hydrogen-bond donors (Lipinski definition) is 3. The van der Waals surface area contributed by atoms with E-state index in [1.54, 1.807) is 37.4 Å². The fourth-order valence-corrected chi connectivity index (χ4v) is 4.77. The lowest BCUT2D eigenvalue weighted by Gasteiger charge is -2.35. The van der Waals surface area contributed by atoms with Gasteiger partial charge in [-0.05, 0) is 59.4 Å². The van der Waals surface area contributed by atoms with Crippen molar-refractivity contribution >= 4 is 0 Å². The Morgan fingerprint density at radius 2 is 1.71 bits per heavy atom. The molecule has 1 aliphatic carbocycles. The van der Waals surface area contributed by atoms with Crippen LogP contribution in [0.3, 0.4) is 0 Å². The summed E-state index contributed by atoms with van der Waals surface area (Å²) < 4.78 is 17.2. The molecule has 5 rings (SSSR count). The van der Waals surface area contributed by atoms with Crippen LogP contribution in [0.15, 0.2) is 42.5 Å². The second kappa shape index (κ2) is 7.39. The number of hydrogen-bond acceptors (Lipinski definition) is 6. The largest absolute Gasteiger partial charge is 0.508 e. The molecule has 2 atom stereocenters. The summed E-state index contributed by atoms with van der Waals surface area (Å²) in [4.78, 5) is 0. The number of aryl methyl sites for hydroxylation is 1. The van der Waals surface area contributed by atoms with E-state index in [1.807, 2.05) is 12.1 Å². The SMILES string of the molecule is COc1cc([C@@H]2Oc3cc(OC)c4c(c3C[C@H]2O)CCc2cc(O)ccc2-4)ccc1O. The normalized spacial score (nSPS) is 18.9. The average molecular weight is 420 g/mol. The van der Waals surface area contributed by atoms with Gasteiger partial charge in [0.15, 0.2) is 11.5 Å². The predicted molar refractivity (Wildman–Crippen MR) is 115 cm³/mol. The summed E-state index contributed by atoms with van der Waals surface area (Å²) in [5, 5.41) is 30.7. The summed E-state index contributed by atoms with van der Waals surface area (Å²) in [5.41, 5.74) is 5.96. The van der Waals surface area contributed by atoms with Gasteiger partial charge in [0.2, 0.25) is 0 Å². The third-order valence-electron chi connectivity index (χ3n) is 6.24. The third-order valence-corrected chi connectivity index (χ3v) is 6.24. The van der Waals surface area contributed by atoms with Gasteiger partial charge in [0.05, 0.1) is 20.3 Å². The fourth-order valence-electron chi connectivity index (χ4n) is 4.77. The summed E-state index contributed by atoms with van der Waals surface area (Å²) in [6, 6.07) is 12.3. The summed E-state index contributed by atoms with van der Waals surface area (Å²) in [6.45, 7) is 0. The molecule has 1 aliphatic heterocycles. The van der Waals surface area contributed by atoms with Crippen molar-refractivity contribution < 1.29 is 29.5 Å². The molecule has 0 amide bonds. The molecule has 1 heterocycles. The minimum absolute atomic E-state index is 0.0393. The minimum Gasteiger partial charge on any atom is -0.508 e. The Kier molecular flexibility index (Phi) is 4.67. The van der Waals surface area contributed by atoms with E-state index in [0.29, 0.717) is 23.7 Å². The Morgan fingerprint density at radius 1 is 0.903 bits per heavy atom. The van der Waals surface area contributed by atoms with E-state index in [-0.39, 0.29) is 11.5 Å². The number of methoxy groups -OCH3 is 2. The summed E-state index contributed by atoms with van der Waals surface area (Å²) >= 11 is 0. The van der Waals surface area contributed by atoms with Crippen molar-refractivity contribution in [3.63, 3.8) is 0 Å². The van der Waals surface area contributed by atoms with Gasteiger partial charge in [-0.3, -0.25) is 0 Å². The van der Waals surface area contributed by atoms with Crippen molar-refractivity contribution in [3.05, 3.63) is 64.7 Å². The zero-order chi connectivity index (χ0) is 21.7. The first-order valence-corrected chi connectivity index (χ1v) is 10.3. The summed E-state index contributed by atoms with van der Waals surface area (Å²) in [7, 11) is 3.12. The van der Waals surface area contributed by atoms with Crippen LogP contribution in [-0.2, 0) is 19.3 Å². The molecule has 6 nitrogen and oxygen atoms in total. The lowest BCUT2D eigenvalue weighted by Crippen LogP contribution is -2.31. The zero-order valence-corrected chi connectivity index (χ0v) is 17.4. The molecule has 0 radical (unpaired) electrons. The van der Waals surface area contributed by atoms with Crippen molar-refractivity contribution in [1.82, 2.24) is 0 Å². The van der Waals surface area contributed by atoms with Gasteiger partial charge in [-0.2, -0.15) is 0 Å². The Labute approximate surface area is 180 Å².